The van der Waals surface area contributed by atoms with Crippen molar-refractivity contribution in [2.24, 2.45) is 0 Å². The zero-order valence-corrected chi connectivity index (χ0v) is 20.9. The van der Waals surface area contributed by atoms with Crippen LogP contribution in [0.3, 0.4) is 0 Å². The number of fused-ring (bicyclic) bond motifs is 7. The Morgan fingerprint density at radius 1 is 0.946 bits per heavy atom. The van der Waals surface area contributed by atoms with Crippen LogP contribution in [0.15, 0.2) is 72.9 Å². The van der Waals surface area contributed by atoms with Crippen molar-refractivity contribution in [1.82, 2.24) is 15.0 Å². The summed E-state index contributed by atoms with van der Waals surface area (Å²) in [6.45, 7) is 4.00. The fourth-order valence-corrected chi connectivity index (χ4v) is 4.90. The first-order chi connectivity index (χ1) is 18.0. The van der Waals surface area contributed by atoms with E-state index in [4.69, 9.17) is 0 Å². The van der Waals surface area contributed by atoms with Crippen LogP contribution in [0.5, 0.6) is 0 Å². The van der Waals surface area contributed by atoms with Gasteiger partial charge in [0.25, 0.3) is 0 Å². The van der Waals surface area contributed by atoms with Gasteiger partial charge in [-0.25, -0.2) is 4.98 Å². The Hall–Kier alpha value is -4.65. The molecule has 0 aliphatic carbocycles. The van der Waals surface area contributed by atoms with Crippen LogP contribution >= 0.6 is 0 Å². The number of para-hydroxylation sites is 1. The number of hydrogen-bond acceptors (Lipinski definition) is 5. The number of carbonyl (C=O) groups excluding carboxylic acids is 1. The van der Waals surface area contributed by atoms with Crippen molar-refractivity contribution < 1.29 is 4.79 Å². The first-order valence-corrected chi connectivity index (χ1v) is 12.5. The van der Waals surface area contributed by atoms with Crippen LogP contribution in [0.1, 0.15) is 27.9 Å². The number of carbonyl (C=O) groups is 1. The SMILES string of the molecule is Cc1cnc2nc1Nc1ccc(NC(=O)Cc3c(C)[nH]c4ccccc34)c(c1)CCc1cccc(c1)N2. The van der Waals surface area contributed by atoms with E-state index in [2.05, 4.69) is 55.2 Å². The molecular formula is C30H28N6O. The van der Waals surface area contributed by atoms with Crippen molar-refractivity contribution in [1.29, 1.82) is 0 Å². The third-order valence-electron chi connectivity index (χ3n) is 6.84. The zero-order chi connectivity index (χ0) is 25.4. The first kappa shape index (κ1) is 22.8. The molecule has 6 bridgehead atoms. The average molecular weight is 489 g/mol. The Balaban J connectivity index is 1.32. The second-order valence-corrected chi connectivity index (χ2v) is 9.55. The van der Waals surface area contributed by atoms with Crippen molar-refractivity contribution >= 4 is 45.6 Å². The highest BCUT2D eigenvalue weighted by Gasteiger charge is 2.15. The molecule has 0 fully saturated rings. The highest BCUT2D eigenvalue weighted by molar-refractivity contribution is 5.97. The van der Waals surface area contributed by atoms with Crippen molar-refractivity contribution in [3.8, 4) is 0 Å². The highest BCUT2D eigenvalue weighted by atomic mass is 16.1. The fourth-order valence-electron chi connectivity index (χ4n) is 4.90. The zero-order valence-electron chi connectivity index (χ0n) is 20.9. The number of rotatable bonds is 3. The number of benzene rings is 3. The Morgan fingerprint density at radius 3 is 2.73 bits per heavy atom. The van der Waals surface area contributed by atoms with Crippen LogP contribution in [0.25, 0.3) is 10.9 Å². The van der Waals surface area contributed by atoms with E-state index in [1.807, 2.05) is 62.5 Å². The van der Waals surface area contributed by atoms with Gasteiger partial charge < -0.3 is 20.9 Å². The number of hydrogen-bond donors (Lipinski definition) is 4. The molecule has 2 aromatic heterocycles. The molecule has 3 heterocycles. The minimum absolute atomic E-state index is 0.0322. The van der Waals surface area contributed by atoms with Gasteiger partial charge in [-0.2, -0.15) is 4.98 Å². The molecule has 3 aromatic carbocycles. The predicted molar refractivity (Wildman–Crippen MR) is 149 cm³/mol. The molecule has 1 aliphatic heterocycles. The molecule has 0 atom stereocenters. The summed E-state index contributed by atoms with van der Waals surface area (Å²) < 4.78 is 0. The van der Waals surface area contributed by atoms with E-state index in [0.717, 1.165) is 69.0 Å². The Kier molecular flexibility index (Phi) is 5.81. The molecule has 184 valence electrons. The van der Waals surface area contributed by atoms with Crippen LogP contribution in [0, 0.1) is 13.8 Å². The summed E-state index contributed by atoms with van der Waals surface area (Å²) in [6.07, 6.45) is 3.74. The normalized spacial score (nSPS) is 12.5. The summed E-state index contributed by atoms with van der Waals surface area (Å²) in [4.78, 5) is 25.7. The van der Waals surface area contributed by atoms with Crippen LogP contribution in [0.2, 0.25) is 0 Å². The predicted octanol–water partition coefficient (Wildman–Crippen LogP) is 6.34. The molecule has 4 N–H and O–H groups in total. The molecule has 0 saturated heterocycles. The lowest BCUT2D eigenvalue weighted by atomic mass is 10.0. The molecule has 5 aromatic rings. The molecular weight excluding hydrogens is 460 g/mol. The Morgan fingerprint density at radius 2 is 1.81 bits per heavy atom. The molecule has 7 heteroatoms. The van der Waals surface area contributed by atoms with Crippen LogP contribution in [0.4, 0.5) is 28.8 Å². The molecule has 6 rings (SSSR count). The summed E-state index contributed by atoms with van der Waals surface area (Å²) in [5, 5.41) is 11.0. The summed E-state index contributed by atoms with van der Waals surface area (Å²) in [7, 11) is 0. The molecule has 0 radical (unpaired) electrons. The number of aromatic amines is 1. The molecule has 0 spiro atoms. The van der Waals surface area contributed by atoms with Gasteiger partial charge in [-0.05, 0) is 79.8 Å². The van der Waals surface area contributed by atoms with E-state index in [0.29, 0.717) is 12.4 Å². The van der Waals surface area contributed by atoms with Gasteiger partial charge in [-0.1, -0.05) is 30.3 Å². The second-order valence-electron chi connectivity index (χ2n) is 9.55. The van der Waals surface area contributed by atoms with E-state index in [1.165, 1.54) is 5.56 Å². The topological polar surface area (TPSA) is 94.7 Å². The highest BCUT2D eigenvalue weighted by Crippen LogP contribution is 2.28. The lowest BCUT2D eigenvalue weighted by Crippen LogP contribution is -2.16. The standard InChI is InChI=1S/C30H28N6O/c1-18-17-31-30-34-22-7-5-6-20(14-22)10-11-21-15-23(33-29(18)36-30)12-13-26(21)35-28(37)16-25-19(2)32-27-9-4-3-8-24(25)27/h3-9,12-15,17,32H,10-11,16H2,1-2H3,(H,35,37)(H2,31,33,34,36). The maximum atomic E-state index is 13.2. The number of nitrogens with zero attached hydrogens (tertiary/aromatic N) is 2. The Bertz CT molecular complexity index is 1640. The molecule has 37 heavy (non-hydrogen) atoms. The number of amides is 1. The summed E-state index contributed by atoms with van der Waals surface area (Å²) in [5.41, 5.74) is 9.01. The quantitative estimate of drug-likeness (QED) is 0.238. The van der Waals surface area contributed by atoms with Crippen molar-refractivity contribution in [3.05, 3.63) is 101 Å². The number of nitrogens with one attached hydrogen (secondary N) is 4. The third-order valence-corrected chi connectivity index (χ3v) is 6.84. The van der Waals surface area contributed by atoms with Gasteiger partial charge in [0, 0.05) is 45.4 Å². The van der Waals surface area contributed by atoms with Crippen molar-refractivity contribution in [3.63, 3.8) is 0 Å². The van der Waals surface area contributed by atoms with Gasteiger partial charge in [0.2, 0.25) is 11.9 Å². The van der Waals surface area contributed by atoms with Gasteiger partial charge >= 0.3 is 0 Å². The lowest BCUT2D eigenvalue weighted by molar-refractivity contribution is -0.115. The number of aryl methyl sites for hydroxylation is 4. The van der Waals surface area contributed by atoms with Gasteiger partial charge in [-0.15, -0.1) is 0 Å². The number of anilines is 5. The van der Waals surface area contributed by atoms with Crippen LogP contribution < -0.4 is 16.0 Å². The van der Waals surface area contributed by atoms with Crippen molar-refractivity contribution in [2.75, 3.05) is 16.0 Å². The average Bonchev–Trinajstić information content (AvgIpc) is 3.20. The molecule has 1 amide bonds. The lowest BCUT2D eigenvalue weighted by Gasteiger charge is -2.15. The Labute approximate surface area is 215 Å². The smallest absolute Gasteiger partial charge is 0.229 e. The summed E-state index contributed by atoms with van der Waals surface area (Å²) in [5.74, 6) is 1.25. The minimum Gasteiger partial charge on any atom is -0.358 e. The van der Waals surface area contributed by atoms with E-state index in [9.17, 15) is 4.79 Å². The van der Waals surface area contributed by atoms with Gasteiger partial charge in [-0.3, -0.25) is 4.79 Å². The van der Waals surface area contributed by atoms with Gasteiger partial charge in [0.05, 0.1) is 6.42 Å². The van der Waals surface area contributed by atoms with Crippen LogP contribution in [-0.2, 0) is 24.1 Å². The second kappa shape index (κ2) is 9.43. The largest absolute Gasteiger partial charge is 0.358 e. The number of H-pyrrole nitrogens is 1. The summed E-state index contributed by atoms with van der Waals surface area (Å²) in [6, 6.07) is 22.4. The molecule has 0 saturated carbocycles. The van der Waals surface area contributed by atoms with Crippen molar-refractivity contribution in [2.45, 2.75) is 33.1 Å². The fraction of sp³-hybridized carbons (Fsp3) is 0.167. The monoisotopic (exact) mass is 488 g/mol. The number of aromatic nitrogens is 3. The first-order valence-electron chi connectivity index (χ1n) is 12.5. The minimum atomic E-state index is -0.0322. The van der Waals surface area contributed by atoms with E-state index >= 15 is 0 Å². The van der Waals surface area contributed by atoms with E-state index < -0.39 is 0 Å². The molecule has 0 unspecified atom stereocenters. The van der Waals surface area contributed by atoms with E-state index in [-0.39, 0.29) is 5.91 Å². The molecule has 1 aliphatic rings. The van der Waals surface area contributed by atoms with Gasteiger partial charge in [0.15, 0.2) is 0 Å². The van der Waals surface area contributed by atoms with Crippen LogP contribution in [-0.4, -0.2) is 20.9 Å². The third kappa shape index (κ3) is 4.76. The molecule has 7 nitrogen and oxygen atoms in total. The summed E-state index contributed by atoms with van der Waals surface area (Å²) >= 11 is 0. The van der Waals surface area contributed by atoms with Gasteiger partial charge in [0.1, 0.15) is 5.82 Å². The maximum absolute atomic E-state index is 13.2. The van der Waals surface area contributed by atoms with E-state index in [1.54, 1.807) is 0 Å². The maximum Gasteiger partial charge on any atom is 0.229 e.